The molecule has 2 N–H and O–H groups in total. The fourth-order valence-electron chi connectivity index (χ4n) is 2.15. The van der Waals surface area contributed by atoms with E-state index < -0.39 is 0 Å². The predicted molar refractivity (Wildman–Crippen MR) is 71.3 cm³/mol. The molecule has 1 aromatic carbocycles. The summed E-state index contributed by atoms with van der Waals surface area (Å²) in [6.45, 7) is 0. The third-order valence-corrected chi connectivity index (χ3v) is 4.31. The molecular weight excluding hydrogens is 336 g/mol. The van der Waals surface area contributed by atoms with Gasteiger partial charge in [-0.15, -0.1) is 0 Å². The summed E-state index contributed by atoms with van der Waals surface area (Å²) in [5.41, 5.74) is 2.12. The Bertz CT molecular complexity index is 525. The average Bonchev–Trinajstić information content (AvgIpc) is 2.64. The number of phenolic OH excluding ortho intramolecular Hbond substituents is 1. The molecule has 5 heteroatoms. The third kappa shape index (κ3) is 1.34. The molecule has 0 radical (unpaired) electrons. The number of aliphatic imine (C=N–C) groups is 1. The molecule has 0 spiro atoms. The van der Waals surface area contributed by atoms with Crippen molar-refractivity contribution in [1.29, 1.82) is 0 Å². The van der Waals surface area contributed by atoms with Gasteiger partial charge < -0.3 is 10.4 Å². The molecule has 3 rings (SSSR count). The van der Waals surface area contributed by atoms with E-state index in [1.54, 1.807) is 6.20 Å². The second-order valence-electron chi connectivity index (χ2n) is 3.82. The minimum absolute atomic E-state index is 0.185. The third-order valence-electron chi connectivity index (χ3n) is 2.90. The maximum absolute atomic E-state index is 9.88. The summed E-state index contributed by atoms with van der Waals surface area (Å²) >= 11 is 6.77. The molecule has 2 aliphatic heterocycles. The zero-order valence-electron chi connectivity index (χ0n) is 8.11. The van der Waals surface area contributed by atoms with Crippen LogP contribution < -0.4 is 5.32 Å². The van der Waals surface area contributed by atoms with Crippen molar-refractivity contribution in [1.82, 2.24) is 0 Å². The fourth-order valence-corrected chi connectivity index (χ4v) is 3.53. The van der Waals surface area contributed by atoms with Crippen LogP contribution in [-0.4, -0.2) is 17.4 Å². The van der Waals surface area contributed by atoms with Gasteiger partial charge in [-0.3, -0.25) is 4.99 Å². The molecule has 0 saturated heterocycles. The summed E-state index contributed by atoms with van der Waals surface area (Å²) in [5.74, 6) is 0.484. The lowest BCUT2D eigenvalue weighted by molar-refractivity contribution is 0.467. The summed E-state index contributed by atoms with van der Waals surface area (Å²) < 4.78 is 1.43. The van der Waals surface area contributed by atoms with Crippen molar-refractivity contribution in [3.8, 4) is 5.75 Å². The first kappa shape index (κ1) is 10.4. The first-order valence-corrected chi connectivity index (χ1v) is 6.44. The van der Waals surface area contributed by atoms with E-state index in [1.807, 2.05) is 18.4 Å². The van der Waals surface area contributed by atoms with Crippen LogP contribution in [0.15, 0.2) is 32.3 Å². The Balaban J connectivity index is 2.21. The molecule has 0 bridgehead atoms. The summed E-state index contributed by atoms with van der Waals surface area (Å²) in [5, 5.41) is 13.3. The number of nitrogens with zero attached hydrogens (tertiary/aromatic N) is 1. The lowest BCUT2D eigenvalue weighted by atomic mass is 9.94. The van der Waals surface area contributed by atoms with Gasteiger partial charge >= 0.3 is 0 Å². The predicted octanol–water partition coefficient (Wildman–Crippen LogP) is 3.39. The van der Waals surface area contributed by atoms with Gasteiger partial charge in [0.15, 0.2) is 0 Å². The first-order chi connectivity index (χ1) is 7.68. The van der Waals surface area contributed by atoms with Crippen molar-refractivity contribution >= 4 is 43.8 Å². The number of aromatic hydroxyl groups is 1. The summed E-state index contributed by atoms with van der Waals surface area (Å²) in [6, 6.07) is 2.08. The number of hydrogen-bond donors (Lipinski definition) is 2. The van der Waals surface area contributed by atoms with E-state index in [0.29, 0.717) is 4.47 Å². The molecule has 2 heterocycles. The number of fused-ring (bicyclic) bond motifs is 3. The van der Waals surface area contributed by atoms with Crippen LogP contribution >= 0.6 is 31.9 Å². The molecule has 0 fully saturated rings. The highest BCUT2D eigenvalue weighted by Crippen LogP contribution is 2.48. The van der Waals surface area contributed by atoms with Gasteiger partial charge in [0.05, 0.1) is 15.0 Å². The molecule has 0 aliphatic carbocycles. The Morgan fingerprint density at radius 3 is 3.00 bits per heavy atom. The van der Waals surface area contributed by atoms with Crippen LogP contribution in [0.3, 0.4) is 0 Å². The van der Waals surface area contributed by atoms with Gasteiger partial charge in [0, 0.05) is 29.6 Å². The van der Waals surface area contributed by atoms with Crippen LogP contribution in [0.1, 0.15) is 11.5 Å². The van der Waals surface area contributed by atoms with E-state index in [-0.39, 0.29) is 17.7 Å². The van der Waals surface area contributed by atoms with Crippen molar-refractivity contribution < 1.29 is 5.11 Å². The Hall–Kier alpha value is -0.810. The molecule has 1 aromatic rings. The van der Waals surface area contributed by atoms with Crippen LogP contribution in [0, 0.1) is 0 Å². The van der Waals surface area contributed by atoms with Gasteiger partial charge in [-0.05, 0) is 37.9 Å². The van der Waals surface area contributed by atoms with E-state index in [4.69, 9.17) is 0 Å². The van der Waals surface area contributed by atoms with Gasteiger partial charge in [-0.1, -0.05) is 6.08 Å². The van der Waals surface area contributed by atoms with E-state index >= 15 is 0 Å². The van der Waals surface area contributed by atoms with Crippen LogP contribution in [0.4, 0.5) is 5.69 Å². The van der Waals surface area contributed by atoms with Gasteiger partial charge in [0.25, 0.3) is 0 Å². The molecule has 0 saturated carbocycles. The van der Waals surface area contributed by atoms with Gasteiger partial charge in [-0.2, -0.15) is 0 Å². The van der Waals surface area contributed by atoms with Crippen molar-refractivity contribution in [3.63, 3.8) is 0 Å². The SMILES string of the molecule is Oc1c(Br)cc2c(c1Br)C1C=CN=CC1N2. The zero-order chi connectivity index (χ0) is 11.3. The highest BCUT2D eigenvalue weighted by molar-refractivity contribution is 9.11. The van der Waals surface area contributed by atoms with Crippen molar-refractivity contribution in [3.05, 3.63) is 32.9 Å². The molecule has 2 atom stereocenters. The van der Waals surface area contributed by atoms with Gasteiger partial charge in [-0.25, -0.2) is 0 Å². The maximum atomic E-state index is 9.88. The minimum Gasteiger partial charge on any atom is -0.506 e. The monoisotopic (exact) mass is 342 g/mol. The highest BCUT2D eigenvalue weighted by Gasteiger charge is 2.33. The smallest absolute Gasteiger partial charge is 0.144 e. The molecule has 3 nitrogen and oxygen atoms in total. The number of anilines is 1. The Kier molecular flexibility index (Phi) is 2.33. The second-order valence-corrected chi connectivity index (χ2v) is 5.47. The Morgan fingerprint density at radius 2 is 2.19 bits per heavy atom. The number of benzene rings is 1. The molecule has 2 unspecified atom stereocenters. The van der Waals surface area contributed by atoms with Crippen LogP contribution in [0.25, 0.3) is 0 Å². The largest absolute Gasteiger partial charge is 0.506 e. The normalized spacial score (nSPS) is 25.1. The van der Waals surface area contributed by atoms with E-state index in [1.165, 1.54) is 0 Å². The Morgan fingerprint density at radius 1 is 1.38 bits per heavy atom. The standard InChI is InChI=1S/C11H8Br2N2O/c12-6-3-7-9(10(13)11(6)16)5-1-2-14-4-8(5)15-7/h1-5,8,15-16H. The molecule has 82 valence electrons. The number of rotatable bonds is 0. The highest BCUT2D eigenvalue weighted by atomic mass is 79.9. The summed E-state index contributed by atoms with van der Waals surface area (Å²) in [6.07, 6.45) is 5.73. The molecule has 0 amide bonds. The number of phenols is 1. The maximum Gasteiger partial charge on any atom is 0.144 e. The zero-order valence-corrected chi connectivity index (χ0v) is 11.3. The second kappa shape index (κ2) is 3.60. The van der Waals surface area contributed by atoms with Crippen molar-refractivity contribution in [2.24, 2.45) is 4.99 Å². The number of hydrogen-bond acceptors (Lipinski definition) is 3. The lowest BCUT2D eigenvalue weighted by Crippen LogP contribution is -2.22. The van der Waals surface area contributed by atoms with Gasteiger partial charge in [0.2, 0.25) is 0 Å². The van der Waals surface area contributed by atoms with Crippen LogP contribution in [-0.2, 0) is 0 Å². The summed E-state index contributed by atoms with van der Waals surface area (Å²) in [4.78, 5) is 4.12. The average molecular weight is 344 g/mol. The number of nitrogens with one attached hydrogen (secondary N) is 1. The molecule has 16 heavy (non-hydrogen) atoms. The van der Waals surface area contributed by atoms with Crippen LogP contribution in [0.2, 0.25) is 0 Å². The molecule has 2 aliphatic rings. The minimum atomic E-state index is 0.185. The summed E-state index contributed by atoms with van der Waals surface area (Å²) in [7, 11) is 0. The fraction of sp³-hybridized carbons (Fsp3) is 0.182. The van der Waals surface area contributed by atoms with Crippen molar-refractivity contribution in [2.45, 2.75) is 12.0 Å². The van der Waals surface area contributed by atoms with Crippen molar-refractivity contribution in [2.75, 3.05) is 5.32 Å². The first-order valence-electron chi connectivity index (χ1n) is 4.86. The number of halogens is 2. The quantitative estimate of drug-likeness (QED) is 0.709. The van der Waals surface area contributed by atoms with Crippen LogP contribution in [0.5, 0.6) is 5.75 Å². The van der Waals surface area contributed by atoms with E-state index in [9.17, 15) is 5.11 Å². The van der Waals surface area contributed by atoms with Gasteiger partial charge in [0.1, 0.15) is 5.75 Å². The van der Waals surface area contributed by atoms with E-state index in [2.05, 4.69) is 42.2 Å². The lowest BCUT2D eigenvalue weighted by Gasteiger charge is -2.15. The topological polar surface area (TPSA) is 44.6 Å². The Labute approximate surface area is 110 Å². The van der Waals surface area contributed by atoms with E-state index in [0.717, 1.165) is 15.7 Å². The molecule has 0 aromatic heterocycles. The molecular formula is C11H8Br2N2O.